The van der Waals surface area contributed by atoms with Gasteiger partial charge < -0.3 is 9.84 Å². The fourth-order valence-electron chi connectivity index (χ4n) is 1.68. The van der Waals surface area contributed by atoms with Gasteiger partial charge >= 0.3 is 5.97 Å². The quantitative estimate of drug-likeness (QED) is 0.774. The van der Waals surface area contributed by atoms with Crippen molar-refractivity contribution in [2.45, 2.75) is 6.61 Å². The van der Waals surface area contributed by atoms with Crippen LogP contribution >= 0.6 is 27.5 Å². The molecule has 0 aliphatic heterocycles. The van der Waals surface area contributed by atoms with Crippen LogP contribution in [0.5, 0.6) is 5.75 Å². The number of carboxylic acid groups (broad SMARTS) is 1. The number of hydrogen-bond acceptors (Lipinski definition) is 2. The molecule has 0 radical (unpaired) electrons. The van der Waals surface area contributed by atoms with Gasteiger partial charge in [0.05, 0.1) is 0 Å². The number of carboxylic acids is 1. The Hall–Kier alpha value is -1.78. The Kier molecular flexibility index (Phi) is 5.42. The molecule has 5 heteroatoms. The van der Waals surface area contributed by atoms with Crippen LogP contribution in [0.1, 0.15) is 11.1 Å². The Morgan fingerprint density at radius 1 is 1.24 bits per heavy atom. The van der Waals surface area contributed by atoms with Crippen LogP contribution in [0.4, 0.5) is 0 Å². The summed E-state index contributed by atoms with van der Waals surface area (Å²) in [7, 11) is 0. The molecule has 0 heterocycles. The third kappa shape index (κ3) is 4.92. The molecule has 0 spiro atoms. The summed E-state index contributed by atoms with van der Waals surface area (Å²) in [5.74, 6) is -0.436. The Labute approximate surface area is 135 Å². The number of carbonyl (C=O) groups is 1. The summed E-state index contributed by atoms with van der Waals surface area (Å²) in [5, 5.41) is 9.23. The second-order valence-electron chi connectivity index (χ2n) is 4.27. The van der Waals surface area contributed by atoms with Gasteiger partial charge in [0.1, 0.15) is 12.4 Å². The second-order valence-corrected chi connectivity index (χ2v) is 5.62. The molecule has 2 aromatic rings. The molecule has 0 bridgehead atoms. The largest absolute Gasteiger partial charge is 0.488 e. The number of aliphatic carboxylic acids is 1. The van der Waals surface area contributed by atoms with Crippen molar-refractivity contribution in [2.75, 3.05) is 0 Å². The van der Waals surface area contributed by atoms with E-state index in [1.54, 1.807) is 18.2 Å². The Bertz CT molecular complexity index is 666. The zero-order chi connectivity index (χ0) is 15.2. The first kappa shape index (κ1) is 15.6. The first-order valence-corrected chi connectivity index (χ1v) is 7.29. The van der Waals surface area contributed by atoms with Gasteiger partial charge in [0.2, 0.25) is 0 Å². The van der Waals surface area contributed by atoms with Gasteiger partial charge in [-0.25, -0.2) is 4.79 Å². The van der Waals surface area contributed by atoms with Gasteiger partial charge in [-0.3, -0.25) is 0 Å². The van der Waals surface area contributed by atoms with Gasteiger partial charge in [-0.05, 0) is 42.0 Å². The van der Waals surface area contributed by atoms with Gasteiger partial charge in [0.25, 0.3) is 0 Å². The molecule has 0 amide bonds. The van der Waals surface area contributed by atoms with E-state index in [9.17, 15) is 4.79 Å². The highest BCUT2D eigenvalue weighted by Gasteiger charge is 2.04. The molecule has 108 valence electrons. The number of hydrogen-bond donors (Lipinski definition) is 1. The summed E-state index contributed by atoms with van der Waals surface area (Å²) in [6, 6.07) is 12.9. The average molecular weight is 368 g/mol. The summed E-state index contributed by atoms with van der Waals surface area (Å²) in [5.41, 5.74) is 1.64. The summed E-state index contributed by atoms with van der Waals surface area (Å²) in [6.07, 6.45) is 2.52. The van der Waals surface area contributed by atoms with E-state index >= 15 is 0 Å². The van der Waals surface area contributed by atoms with Gasteiger partial charge in [0.15, 0.2) is 0 Å². The van der Waals surface area contributed by atoms with E-state index in [-0.39, 0.29) is 0 Å². The summed E-state index contributed by atoms with van der Waals surface area (Å²) < 4.78 is 6.73. The zero-order valence-electron chi connectivity index (χ0n) is 10.9. The van der Waals surface area contributed by atoms with Gasteiger partial charge in [-0.2, -0.15) is 0 Å². The van der Waals surface area contributed by atoms with Gasteiger partial charge in [-0.1, -0.05) is 39.7 Å². The molecule has 0 unspecified atom stereocenters. The Morgan fingerprint density at radius 2 is 1.95 bits per heavy atom. The fourth-order valence-corrected chi connectivity index (χ4v) is 2.13. The fraction of sp³-hybridized carbons (Fsp3) is 0.0625. The zero-order valence-corrected chi connectivity index (χ0v) is 13.3. The predicted molar refractivity (Wildman–Crippen MR) is 86.6 cm³/mol. The maximum atomic E-state index is 10.6. The second kappa shape index (κ2) is 7.29. The number of halogens is 2. The normalized spacial score (nSPS) is 10.8. The van der Waals surface area contributed by atoms with Crippen molar-refractivity contribution in [2.24, 2.45) is 0 Å². The van der Waals surface area contributed by atoms with Crippen LogP contribution in [0, 0.1) is 0 Å². The Morgan fingerprint density at radius 3 is 2.62 bits per heavy atom. The minimum absolute atomic E-state index is 0.392. The molecule has 0 atom stereocenters. The molecule has 21 heavy (non-hydrogen) atoms. The third-order valence-corrected chi connectivity index (χ3v) is 3.45. The van der Waals surface area contributed by atoms with Crippen molar-refractivity contribution in [3.8, 4) is 5.75 Å². The monoisotopic (exact) mass is 366 g/mol. The molecule has 0 aliphatic rings. The standard InChI is InChI=1S/C16H12BrClO3/c17-13-4-1-11(2-5-13)10-21-15-7-6-14(18)9-12(15)3-8-16(19)20/h1-9H,10H2,(H,19,20). The van der Waals surface area contributed by atoms with Crippen LogP contribution in [-0.2, 0) is 11.4 Å². The van der Waals surface area contributed by atoms with E-state index in [1.165, 1.54) is 6.08 Å². The smallest absolute Gasteiger partial charge is 0.328 e. The lowest BCUT2D eigenvalue weighted by Crippen LogP contribution is -1.97. The van der Waals surface area contributed by atoms with Crippen molar-refractivity contribution >= 4 is 39.6 Å². The van der Waals surface area contributed by atoms with Gasteiger partial charge in [-0.15, -0.1) is 0 Å². The molecule has 0 aromatic heterocycles. The number of benzene rings is 2. The number of ether oxygens (including phenoxy) is 1. The lowest BCUT2D eigenvalue weighted by molar-refractivity contribution is -0.131. The Balaban J connectivity index is 2.15. The third-order valence-electron chi connectivity index (χ3n) is 2.68. The molecule has 3 nitrogen and oxygen atoms in total. The molecule has 2 aromatic carbocycles. The van der Waals surface area contributed by atoms with Crippen LogP contribution in [-0.4, -0.2) is 11.1 Å². The maximum absolute atomic E-state index is 10.6. The van der Waals surface area contributed by atoms with Crippen LogP contribution in [0.2, 0.25) is 5.02 Å². The highest BCUT2D eigenvalue weighted by molar-refractivity contribution is 9.10. The van der Waals surface area contributed by atoms with Crippen molar-refractivity contribution in [3.05, 3.63) is 69.2 Å². The van der Waals surface area contributed by atoms with Crippen LogP contribution < -0.4 is 4.74 Å². The highest BCUT2D eigenvalue weighted by atomic mass is 79.9. The van der Waals surface area contributed by atoms with Crippen LogP contribution in [0.25, 0.3) is 6.08 Å². The topological polar surface area (TPSA) is 46.5 Å². The van der Waals surface area contributed by atoms with E-state index in [2.05, 4.69) is 15.9 Å². The minimum atomic E-state index is -1.02. The molecule has 0 fully saturated rings. The van der Waals surface area contributed by atoms with Crippen LogP contribution in [0.15, 0.2) is 53.0 Å². The predicted octanol–water partition coefficient (Wildman–Crippen LogP) is 4.78. The summed E-state index contributed by atoms with van der Waals surface area (Å²) in [6.45, 7) is 0.392. The van der Waals surface area contributed by atoms with E-state index in [0.29, 0.717) is 22.9 Å². The van der Waals surface area contributed by atoms with Gasteiger partial charge in [0, 0.05) is 21.1 Å². The molecule has 2 rings (SSSR count). The first-order valence-electron chi connectivity index (χ1n) is 6.12. The molecule has 0 saturated carbocycles. The molecule has 1 N–H and O–H groups in total. The summed E-state index contributed by atoms with van der Waals surface area (Å²) >= 11 is 9.30. The maximum Gasteiger partial charge on any atom is 0.328 e. The molecule has 0 aliphatic carbocycles. The van der Waals surface area contributed by atoms with Crippen molar-refractivity contribution in [1.29, 1.82) is 0 Å². The lowest BCUT2D eigenvalue weighted by atomic mass is 10.2. The lowest BCUT2D eigenvalue weighted by Gasteiger charge is -2.10. The molecular weight excluding hydrogens is 356 g/mol. The summed E-state index contributed by atoms with van der Waals surface area (Å²) in [4.78, 5) is 10.6. The van der Waals surface area contributed by atoms with Crippen molar-refractivity contribution in [3.63, 3.8) is 0 Å². The van der Waals surface area contributed by atoms with E-state index < -0.39 is 5.97 Å². The van der Waals surface area contributed by atoms with E-state index in [0.717, 1.165) is 16.1 Å². The van der Waals surface area contributed by atoms with E-state index in [1.807, 2.05) is 24.3 Å². The first-order chi connectivity index (χ1) is 10.0. The van der Waals surface area contributed by atoms with Crippen LogP contribution in [0.3, 0.4) is 0 Å². The molecular formula is C16H12BrClO3. The van der Waals surface area contributed by atoms with E-state index in [4.69, 9.17) is 21.4 Å². The van der Waals surface area contributed by atoms with Crippen molar-refractivity contribution < 1.29 is 14.6 Å². The minimum Gasteiger partial charge on any atom is -0.488 e. The number of rotatable bonds is 5. The van der Waals surface area contributed by atoms with Crippen molar-refractivity contribution in [1.82, 2.24) is 0 Å². The average Bonchev–Trinajstić information content (AvgIpc) is 2.45. The molecule has 0 saturated heterocycles. The highest BCUT2D eigenvalue weighted by Crippen LogP contribution is 2.25. The SMILES string of the molecule is O=C(O)C=Cc1cc(Cl)ccc1OCc1ccc(Br)cc1.